The average molecular weight is 742 g/mol. The molecule has 49 heavy (non-hydrogen) atoms. The van der Waals surface area contributed by atoms with Crippen LogP contribution < -0.4 is 40.2 Å². The molecule has 1 saturated heterocycles. The van der Waals surface area contributed by atoms with Gasteiger partial charge in [-0.15, -0.1) is 0 Å². The first-order chi connectivity index (χ1) is 22.9. The maximum Gasteiger partial charge on any atom is 1.00 e. The fourth-order valence-electron chi connectivity index (χ4n) is 5.67. The first kappa shape index (κ1) is 47.7. The molecule has 13 atom stereocenters. The van der Waals surface area contributed by atoms with Gasteiger partial charge in [0.05, 0.1) is 25.9 Å². The molecule has 1 aliphatic heterocycles. The summed E-state index contributed by atoms with van der Waals surface area (Å²) < 4.78 is 45.9. The minimum absolute atomic E-state index is 0. The Bertz CT molecular complexity index is 898. The minimum Gasteiger partial charge on any atom is -0.756 e. The molecule has 2 fully saturated rings. The van der Waals surface area contributed by atoms with Crippen LogP contribution in [0.3, 0.4) is 0 Å². The van der Waals surface area contributed by atoms with E-state index in [9.17, 15) is 45.2 Å². The Balaban J connectivity index is 0.0000120. The Kier molecular flexibility index (Phi) is 24.9. The molecule has 0 bridgehead atoms. The number of unbranched alkanes of at least 4 members (excludes halogenated alkanes) is 10. The number of hydrogen-bond acceptors (Lipinski definition) is 16. The van der Waals surface area contributed by atoms with Crippen molar-refractivity contribution < 1.29 is 103 Å². The summed E-state index contributed by atoms with van der Waals surface area (Å²) in [4.78, 5) is 13.0. The van der Waals surface area contributed by atoms with Crippen molar-refractivity contribution in [3.63, 3.8) is 0 Å². The zero-order chi connectivity index (χ0) is 35.7. The van der Waals surface area contributed by atoms with Gasteiger partial charge >= 0.3 is 29.6 Å². The van der Waals surface area contributed by atoms with E-state index in [4.69, 9.17) is 33.7 Å². The molecule has 0 amide bonds. The van der Waals surface area contributed by atoms with Crippen LogP contribution in [0, 0.1) is 0 Å². The second-order valence-corrected chi connectivity index (χ2v) is 14.1. The van der Waals surface area contributed by atoms with Crippen molar-refractivity contribution in [3.8, 4) is 0 Å². The van der Waals surface area contributed by atoms with E-state index in [-0.39, 0.29) is 36.2 Å². The molecule has 18 heteroatoms. The van der Waals surface area contributed by atoms with Crippen LogP contribution in [0.1, 0.15) is 90.9 Å². The summed E-state index contributed by atoms with van der Waals surface area (Å²) >= 11 is 0. The van der Waals surface area contributed by atoms with E-state index in [1.807, 2.05) is 0 Å². The molecule has 16 nitrogen and oxygen atoms in total. The van der Waals surface area contributed by atoms with E-state index >= 15 is 0 Å². The molecule has 0 radical (unpaired) electrons. The van der Waals surface area contributed by atoms with Crippen molar-refractivity contribution in [2.24, 2.45) is 5.73 Å². The van der Waals surface area contributed by atoms with Gasteiger partial charge in [0.1, 0.15) is 61.0 Å². The van der Waals surface area contributed by atoms with Gasteiger partial charge in [-0.1, -0.05) is 78.1 Å². The Morgan fingerprint density at radius 2 is 1.27 bits per heavy atom. The Morgan fingerprint density at radius 3 is 1.84 bits per heavy atom. The van der Waals surface area contributed by atoms with Gasteiger partial charge in [-0.2, -0.15) is 0 Å². The quantitative estimate of drug-likeness (QED) is 0.0258. The van der Waals surface area contributed by atoms with E-state index < -0.39 is 94.4 Å². The average Bonchev–Trinajstić information content (AvgIpc) is 3.07. The van der Waals surface area contributed by atoms with Crippen molar-refractivity contribution in [3.05, 3.63) is 0 Å². The number of nitrogens with two attached hydrogens (primary N) is 1. The third-order valence-electron chi connectivity index (χ3n) is 8.73. The Morgan fingerprint density at radius 1 is 0.735 bits per heavy atom. The van der Waals surface area contributed by atoms with Crippen molar-refractivity contribution in [1.29, 1.82) is 0 Å². The number of rotatable bonds is 25. The van der Waals surface area contributed by atoms with Crippen LogP contribution in [0.25, 0.3) is 0 Å². The second-order valence-electron chi connectivity index (χ2n) is 12.8. The number of aliphatic hydroxyl groups excluding tert-OH is 7. The molecule has 0 spiro atoms. The van der Waals surface area contributed by atoms with E-state index in [1.165, 1.54) is 6.42 Å². The third kappa shape index (κ3) is 16.3. The monoisotopic (exact) mass is 741 g/mol. The van der Waals surface area contributed by atoms with E-state index in [2.05, 4.69) is 13.8 Å². The van der Waals surface area contributed by atoms with Crippen molar-refractivity contribution >= 4 is 7.82 Å². The number of aliphatic hydroxyl groups is 7. The summed E-state index contributed by atoms with van der Waals surface area (Å²) in [5.74, 6) is 0. The molecule has 0 aromatic heterocycles. The number of phosphoric acid groups is 1. The molecule has 0 aromatic rings. The van der Waals surface area contributed by atoms with Crippen LogP contribution in [0.5, 0.6) is 0 Å². The molecule has 9 N–H and O–H groups in total. The predicted octanol–water partition coefficient (Wildman–Crippen LogP) is -3.41. The molecule has 2 rings (SSSR count). The third-order valence-corrected chi connectivity index (χ3v) is 9.70. The Hall–Kier alpha value is 0.630. The normalized spacial score (nSPS) is 33.9. The van der Waals surface area contributed by atoms with Crippen LogP contribution in [0.4, 0.5) is 0 Å². The summed E-state index contributed by atoms with van der Waals surface area (Å²) in [7, 11) is -5.32. The van der Waals surface area contributed by atoms with E-state index in [0.717, 1.165) is 70.6 Å². The van der Waals surface area contributed by atoms with Crippen molar-refractivity contribution in [1.82, 2.24) is 0 Å². The van der Waals surface area contributed by atoms with Crippen LogP contribution in [0.2, 0.25) is 0 Å². The summed E-state index contributed by atoms with van der Waals surface area (Å²) in [6.07, 6.45) is -6.53. The molecule has 2 aliphatic rings. The summed E-state index contributed by atoms with van der Waals surface area (Å²) in [5.41, 5.74) is 5.90. The Labute approximate surface area is 312 Å². The van der Waals surface area contributed by atoms with Crippen LogP contribution in [-0.4, -0.2) is 142 Å². The zero-order valence-corrected chi connectivity index (χ0v) is 32.3. The largest absolute Gasteiger partial charge is 1.00 e. The number of hydrogen-bond donors (Lipinski definition) is 8. The second kappa shape index (κ2) is 25.6. The first-order valence-corrected chi connectivity index (χ1v) is 18.9. The molecule has 1 unspecified atom stereocenters. The molecule has 1 heterocycles. The molecule has 1 aliphatic carbocycles. The van der Waals surface area contributed by atoms with Crippen molar-refractivity contribution in [2.45, 2.75) is 164 Å². The zero-order valence-electron chi connectivity index (χ0n) is 29.4. The molecular weight excluding hydrogens is 680 g/mol. The van der Waals surface area contributed by atoms with Gasteiger partial charge in [-0.3, -0.25) is 4.57 Å². The SMILES string of the molecule is CCCCCCCCOC[C@H](COP(=O)([O-])O[C@@H]1[C@H](O)[C@H](O)[C@@H](O)[C@H](O)[C@H]1O[C@H]1O[C@H](CO)[C@@H](O)[C@H](O)[C@H]1N)OCCCCCCCC.[Na+]. The topological polar surface area (TPSA) is 263 Å². The van der Waals surface area contributed by atoms with Gasteiger partial charge in [0.25, 0.3) is 7.82 Å². The fraction of sp³-hybridized carbons (Fsp3) is 1.00. The van der Waals surface area contributed by atoms with Gasteiger partial charge < -0.3 is 74.4 Å². The summed E-state index contributed by atoms with van der Waals surface area (Å²) in [5, 5.41) is 71.9. The number of ether oxygens (including phenoxy) is 4. The van der Waals surface area contributed by atoms with Crippen LogP contribution in [-0.2, 0) is 32.6 Å². The van der Waals surface area contributed by atoms with E-state index in [1.54, 1.807) is 0 Å². The summed E-state index contributed by atoms with van der Waals surface area (Å²) in [6.45, 7) is 3.92. The van der Waals surface area contributed by atoms with Gasteiger partial charge in [-0.05, 0) is 12.8 Å². The van der Waals surface area contributed by atoms with Gasteiger partial charge in [0.2, 0.25) is 0 Å². The predicted molar refractivity (Wildman–Crippen MR) is 170 cm³/mol. The minimum atomic E-state index is -5.32. The molecule has 0 aromatic carbocycles. The van der Waals surface area contributed by atoms with Crippen LogP contribution in [0.15, 0.2) is 0 Å². The smallest absolute Gasteiger partial charge is 0.756 e. The maximum atomic E-state index is 13.0. The van der Waals surface area contributed by atoms with E-state index in [0.29, 0.717) is 13.2 Å². The van der Waals surface area contributed by atoms with Gasteiger partial charge in [0.15, 0.2) is 6.29 Å². The first-order valence-electron chi connectivity index (χ1n) is 17.5. The maximum absolute atomic E-state index is 13.0. The summed E-state index contributed by atoms with van der Waals surface area (Å²) in [6, 6.07) is -1.46. The van der Waals surface area contributed by atoms with Gasteiger partial charge in [-0.25, -0.2) is 0 Å². The standard InChI is InChI=1S/C31H62NO15P.Na/c1-3-5-7-9-11-13-15-42-18-20(43-16-14-12-10-8-6-4-2)19-44-48(40,41)47-30-28(39)26(37)25(36)27(38)29(30)46-31-22(32)24(35)23(34)21(17-33)45-31;/h20-31,33-39H,3-19,32H2,1-2H3,(H,40,41);/q;+1/p-1/t20-,21-,22-,23-,24-,25-,26-,27+,28-,29-,30-,31-;/m1./s1. The molecule has 1 saturated carbocycles. The van der Waals surface area contributed by atoms with Gasteiger partial charge in [0, 0.05) is 13.2 Å². The molecule has 286 valence electrons. The van der Waals surface area contributed by atoms with Crippen LogP contribution >= 0.6 is 7.82 Å². The number of phosphoric ester groups is 1. The van der Waals surface area contributed by atoms with Crippen molar-refractivity contribution in [2.75, 3.05) is 33.0 Å². The molecular formula is C31H61NNaO15P. The fourth-order valence-corrected chi connectivity index (χ4v) is 6.62.